The summed E-state index contributed by atoms with van der Waals surface area (Å²) < 4.78 is 77.1. The van der Waals surface area contributed by atoms with Crippen LogP contribution in [0.3, 0.4) is 0 Å². The number of alkyl halides is 5. The number of hydrogen-bond donors (Lipinski definition) is 0. The van der Waals surface area contributed by atoms with E-state index in [1.165, 1.54) is 55.6 Å². The lowest BCUT2D eigenvalue weighted by molar-refractivity contribution is -0.172. The van der Waals surface area contributed by atoms with E-state index in [1.807, 2.05) is 0 Å². The van der Waals surface area contributed by atoms with Crippen LogP contribution in [0.2, 0.25) is 0 Å². The van der Waals surface area contributed by atoms with E-state index in [0.717, 1.165) is 36.4 Å². The van der Waals surface area contributed by atoms with Gasteiger partial charge in [0.15, 0.2) is 0 Å². The molecule has 1 atom stereocenters. The van der Waals surface area contributed by atoms with E-state index >= 15 is 8.78 Å². The largest absolute Gasteiger partial charge is 0.497 e. The second-order valence-electron chi connectivity index (χ2n) is 7.00. The fraction of sp³-hybridized carbons (Fsp3) is 0.167. The van der Waals surface area contributed by atoms with E-state index < -0.39 is 41.1 Å². The predicted molar refractivity (Wildman–Crippen MR) is 111 cm³/mol. The molecule has 0 aliphatic heterocycles. The zero-order valence-electron chi connectivity index (χ0n) is 17.2. The summed E-state index contributed by atoms with van der Waals surface area (Å²) in [5.41, 5.74) is -1.23. The van der Waals surface area contributed by atoms with E-state index in [1.54, 1.807) is 0 Å². The first-order valence-electron chi connectivity index (χ1n) is 9.64. The van der Waals surface area contributed by atoms with Crippen LogP contribution >= 0.6 is 0 Å². The van der Waals surface area contributed by atoms with Crippen molar-refractivity contribution >= 4 is 17.4 Å². The second-order valence-corrected chi connectivity index (χ2v) is 7.00. The number of benzene rings is 3. The number of carbonyl (C=O) groups is 2. The predicted octanol–water partition coefficient (Wildman–Crippen LogP) is 5.85. The normalized spacial score (nSPS) is 12.7. The van der Waals surface area contributed by atoms with E-state index in [4.69, 9.17) is 4.74 Å². The van der Waals surface area contributed by atoms with Gasteiger partial charge in [0.2, 0.25) is 5.78 Å². The maximum absolute atomic E-state index is 15.8. The van der Waals surface area contributed by atoms with Crippen molar-refractivity contribution in [2.24, 2.45) is 0 Å². The lowest BCUT2D eigenvalue weighted by Gasteiger charge is -2.36. The molecule has 1 amide bonds. The first-order chi connectivity index (χ1) is 15.6. The van der Waals surface area contributed by atoms with E-state index in [9.17, 15) is 22.8 Å². The Balaban J connectivity index is 2.20. The van der Waals surface area contributed by atoms with Crippen molar-refractivity contribution in [1.29, 1.82) is 0 Å². The average molecular weight is 463 g/mol. The van der Waals surface area contributed by atoms with E-state index in [0.29, 0.717) is 5.75 Å². The topological polar surface area (TPSA) is 46.6 Å². The van der Waals surface area contributed by atoms with Gasteiger partial charge >= 0.3 is 18.0 Å². The van der Waals surface area contributed by atoms with Gasteiger partial charge in [-0.3, -0.25) is 14.5 Å². The summed E-state index contributed by atoms with van der Waals surface area (Å²) in [5, 5.41) is 0. The second kappa shape index (κ2) is 9.40. The first kappa shape index (κ1) is 23.9. The number of nitrogens with zero attached hydrogens (tertiary/aromatic N) is 1. The molecule has 9 heteroatoms. The molecular formula is C24H18F5NO3. The Morgan fingerprint density at radius 2 is 1.30 bits per heavy atom. The number of anilines is 1. The summed E-state index contributed by atoms with van der Waals surface area (Å²) in [7, 11) is 1.34. The quantitative estimate of drug-likeness (QED) is 0.326. The highest BCUT2D eigenvalue weighted by molar-refractivity contribution is 6.05. The number of Topliss-reactive ketones (excluding diaryl/α,β-unsaturated/α-hetero) is 1. The molecule has 0 radical (unpaired) electrons. The van der Waals surface area contributed by atoms with Crippen molar-refractivity contribution < 1.29 is 36.3 Å². The molecule has 4 nitrogen and oxygen atoms in total. The van der Waals surface area contributed by atoms with Crippen LogP contribution < -0.4 is 9.64 Å². The zero-order valence-corrected chi connectivity index (χ0v) is 17.2. The van der Waals surface area contributed by atoms with Crippen LogP contribution in [0.1, 0.15) is 22.0 Å². The maximum Gasteiger partial charge on any atom is 0.471 e. The van der Waals surface area contributed by atoms with Gasteiger partial charge in [0.1, 0.15) is 11.8 Å². The Hall–Kier alpha value is -3.75. The molecule has 0 spiro atoms. The summed E-state index contributed by atoms with van der Waals surface area (Å²) in [6, 6.07) is 14.8. The molecule has 0 aliphatic rings. The molecule has 0 aromatic heterocycles. The van der Waals surface area contributed by atoms with Crippen LogP contribution in [-0.4, -0.2) is 30.9 Å². The molecule has 33 heavy (non-hydrogen) atoms. The van der Waals surface area contributed by atoms with Gasteiger partial charge in [-0.2, -0.15) is 22.0 Å². The summed E-state index contributed by atoms with van der Waals surface area (Å²) in [6.07, 6.45) is -5.47. The smallest absolute Gasteiger partial charge is 0.471 e. The Morgan fingerprint density at radius 1 is 0.788 bits per heavy atom. The van der Waals surface area contributed by atoms with Crippen molar-refractivity contribution in [2.75, 3.05) is 12.0 Å². The van der Waals surface area contributed by atoms with Gasteiger partial charge in [-0.05, 0) is 42.0 Å². The fourth-order valence-electron chi connectivity index (χ4n) is 3.32. The molecule has 1 unspecified atom stereocenters. The van der Waals surface area contributed by atoms with Gasteiger partial charge < -0.3 is 4.74 Å². The number of ether oxygens (including phenoxy) is 1. The molecule has 0 heterocycles. The fourth-order valence-corrected chi connectivity index (χ4v) is 3.32. The molecule has 0 N–H and O–H groups in total. The van der Waals surface area contributed by atoms with Crippen molar-refractivity contribution in [1.82, 2.24) is 0 Å². The highest BCUT2D eigenvalue weighted by atomic mass is 19.4. The highest BCUT2D eigenvalue weighted by Crippen LogP contribution is 2.43. The lowest BCUT2D eigenvalue weighted by Crippen LogP contribution is -2.52. The van der Waals surface area contributed by atoms with Gasteiger partial charge in [-0.15, -0.1) is 0 Å². The van der Waals surface area contributed by atoms with Gasteiger partial charge in [0.05, 0.1) is 7.11 Å². The van der Waals surface area contributed by atoms with Crippen molar-refractivity contribution in [2.45, 2.75) is 18.1 Å². The number of carbonyl (C=O) groups excluding carboxylic acids is 2. The van der Waals surface area contributed by atoms with Crippen LogP contribution in [0.15, 0.2) is 84.9 Å². The minimum absolute atomic E-state index is 0.0727. The van der Waals surface area contributed by atoms with Gasteiger partial charge in [-0.1, -0.05) is 48.5 Å². The molecule has 0 aliphatic carbocycles. The van der Waals surface area contributed by atoms with Crippen molar-refractivity contribution in [3.05, 3.63) is 96.1 Å². The monoisotopic (exact) mass is 463 g/mol. The summed E-state index contributed by atoms with van der Waals surface area (Å²) in [5.74, 6) is -8.39. The molecule has 0 bridgehead atoms. The number of amides is 1. The zero-order chi connectivity index (χ0) is 24.2. The Kier molecular flexibility index (Phi) is 6.81. The van der Waals surface area contributed by atoms with E-state index in [-0.39, 0.29) is 10.5 Å². The van der Waals surface area contributed by atoms with Gasteiger partial charge in [0.25, 0.3) is 0 Å². The summed E-state index contributed by atoms with van der Waals surface area (Å²) in [6.45, 7) is 0. The molecule has 0 saturated heterocycles. The standard InChI is InChI=1S/C24H18F5NO3/c1-33-19-14-12-17(13-15-19)21(31)23(25,26)20(16-8-4-2-5-9-16)30(22(32)24(27,28)29)18-10-6-3-7-11-18/h2-15,20H,1H3. The minimum atomic E-state index is -5.47. The van der Waals surface area contributed by atoms with Crippen LogP contribution in [0, 0.1) is 0 Å². The SMILES string of the molecule is COc1ccc(C(=O)C(F)(F)C(c2ccccc2)N(C(=O)C(F)(F)F)c2ccccc2)cc1. The number of ketones is 1. The van der Waals surface area contributed by atoms with Crippen molar-refractivity contribution in [3.8, 4) is 5.75 Å². The van der Waals surface area contributed by atoms with Crippen LogP contribution in [0.5, 0.6) is 5.75 Å². The highest BCUT2D eigenvalue weighted by Gasteiger charge is 2.56. The van der Waals surface area contributed by atoms with Crippen molar-refractivity contribution in [3.63, 3.8) is 0 Å². The van der Waals surface area contributed by atoms with Gasteiger partial charge in [0, 0.05) is 11.3 Å². The maximum atomic E-state index is 15.8. The average Bonchev–Trinajstić information content (AvgIpc) is 2.82. The first-order valence-corrected chi connectivity index (χ1v) is 9.64. The molecule has 0 saturated carbocycles. The summed E-state index contributed by atoms with van der Waals surface area (Å²) >= 11 is 0. The Labute approximate surface area is 186 Å². The molecule has 0 fully saturated rings. The van der Waals surface area contributed by atoms with Crippen LogP contribution in [-0.2, 0) is 4.79 Å². The Bertz CT molecular complexity index is 1100. The minimum Gasteiger partial charge on any atom is -0.497 e. The van der Waals surface area contributed by atoms with E-state index in [2.05, 4.69) is 0 Å². The van der Waals surface area contributed by atoms with Crippen LogP contribution in [0.25, 0.3) is 0 Å². The number of halogens is 5. The molecule has 3 aromatic rings. The van der Waals surface area contributed by atoms with Gasteiger partial charge in [-0.25, -0.2) is 0 Å². The lowest BCUT2D eigenvalue weighted by atomic mass is 9.91. The summed E-state index contributed by atoms with van der Waals surface area (Å²) in [4.78, 5) is 25.2. The molecule has 3 rings (SSSR count). The molecule has 3 aromatic carbocycles. The third-order valence-electron chi connectivity index (χ3n) is 4.87. The molecule has 172 valence electrons. The Morgan fingerprint density at radius 3 is 1.79 bits per heavy atom. The molecular weight excluding hydrogens is 445 g/mol. The number of methoxy groups -OCH3 is 1. The number of rotatable bonds is 7. The number of hydrogen-bond acceptors (Lipinski definition) is 3. The number of para-hydroxylation sites is 1. The third-order valence-corrected chi connectivity index (χ3v) is 4.87. The van der Waals surface area contributed by atoms with Crippen LogP contribution in [0.4, 0.5) is 27.6 Å². The third kappa shape index (κ3) is 5.02.